The third-order valence-corrected chi connectivity index (χ3v) is 2.40. The van der Waals surface area contributed by atoms with Crippen LogP contribution in [0.1, 0.15) is 0 Å². The molecule has 3 nitrogen and oxygen atoms in total. The Balaban J connectivity index is 2.35. The van der Waals surface area contributed by atoms with E-state index in [0.29, 0.717) is 4.47 Å². The Bertz CT molecular complexity index is 563. The Morgan fingerprint density at radius 3 is 2.76 bits per heavy atom. The van der Waals surface area contributed by atoms with Crippen molar-refractivity contribution in [3.8, 4) is 11.6 Å². The number of ether oxygens (including phenoxy) is 1. The van der Waals surface area contributed by atoms with E-state index >= 15 is 0 Å². The van der Waals surface area contributed by atoms with Crippen molar-refractivity contribution in [1.82, 2.24) is 4.98 Å². The van der Waals surface area contributed by atoms with Gasteiger partial charge in [0.25, 0.3) is 0 Å². The van der Waals surface area contributed by atoms with Gasteiger partial charge in [-0.15, -0.1) is 0 Å². The number of nitrogens with two attached hydrogens (primary N) is 1. The third kappa shape index (κ3) is 2.52. The van der Waals surface area contributed by atoms with Gasteiger partial charge in [-0.1, -0.05) is 6.07 Å². The number of rotatable bonds is 2. The Labute approximate surface area is 104 Å². The van der Waals surface area contributed by atoms with Crippen molar-refractivity contribution in [3.05, 3.63) is 46.6 Å². The van der Waals surface area contributed by atoms with Crippen LogP contribution in [0, 0.1) is 11.6 Å². The van der Waals surface area contributed by atoms with E-state index in [1.807, 2.05) is 0 Å². The van der Waals surface area contributed by atoms with Gasteiger partial charge in [0.2, 0.25) is 11.7 Å². The molecule has 0 saturated carbocycles. The smallest absolute Gasteiger partial charge is 0.242 e. The highest BCUT2D eigenvalue weighted by Gasteiger charge is 2.12. The van der Waals surface area contributed by atoms with E-state index in [-0.39, 0.29) is 17.3 Å². The van der Waals surface area contributed by atoms with Crippen LogP contribution in [0.15, 0.2) is 34.9 Å². The van der Waals surface area contributed by atoms with Crippen LogP contribution in [0.4, 0.5) is 14.5 Å². The van der Waals surface area contributed by atoms with E-state index in [2.05, 4.69) is 20.9 Å². The van der Waals surface area contributed by atoms with Crippen molar-refractivity contribution in [1.29, 1.82) is 0 Å². The molecule has 0 radical (unpaired) electrons. The van der Waals surface area contributed by atoms with Gasteiger partial charge in [-0.05, 0) is 34.1 Å². The lowest BCUT2D eigenvalue weighted by Crippen LogP contribution is -1.97. The number of aromatic nitrogens is 1. The Kier molecular flexibility index (Phi) is 3.23. The molecular weight excluding hydrogens is 294 g/mol. The highest BCUT2D eigenvalue weighted by Crippen LogP contribution is 2.29. The molecule has 88 valence electrons. The average Bonchev–Trinajstić information content (AvgIpc) is 2.28. The van der Waals surface area contributed by atoms with Crippen LogP contribution in [-0.2, 0) is 0 Å². The zero-order chi connectivity index (χ0) is 12.4. The van der Waals surface area contributed by atoms with E-state index in [1.54, 1.807) is 6.07 Å². The van der Waals surface area contributed by atoms with Crippen LogP contribution in [-0.4, -0.2) is 4.98 Å². The summed E-state index contributed by atoms with van der Waals surface area (Å²) in [7, 11) is 0. The standard InChI is InChI=1S/C11H7BrF2N2O/c12-6-4-8(15)11(16-5-6)17-9-3-1-2-7(13)10(9)14/h1-5H,15H2. The van der Waals surface area contributed by atoms with Gasteiger partial charge < -0.3 is 10.5 Å². The molecule has 17 heavy (non-hydrogen) atoms. The fraction of sp³-hybridized carbons (Fsp3) is 0. The van der Waals surface area contributed by atoms with Crippen LogP contribution in [0.3, 0.4) is 0 Å². The summed E-state index contributed by atoms with van der Waals surface area (Å²) in [4.78, 5) is 3.86. The maximum absolute atomic E-state index is 13.3. The first-order chi connectivity index (χ1) is 8.08. The van der Waals surface area contributed by atoms with Crippen LogP contribution >= 0.6 is 15.9 Å². The Hall–Kier alpha value is -1.69. The molecule has 0 atom stereocenters. The topological polar surface area (TPSA) is 48.1 Å². The average molecular weight is 301 g/mol. The van der Waals surface area contributed by atoms with Crippen molar-refractivity contribution < 1.29 is 13.5 Å². The van der Waals surface area contributed by atoms with Gasteiger partial charge in [0.05, 0.1) is 5.69 Å². The fourth-order valence-electron chi connectivity index (χ4n) is 1.19. The highest BCUT2D eigenvalue weighted by atomic mass is 79.9. The molecule has 1 heterocycles. The van der Waals surface area contributed by atoms with E-state index in [9.17, 15) is 8.78 Å². The first-order valence-electron chi connectivity index (χ1n) is 4.61. The Morgan fingerprint density at radius 1 is 1.29 bits per heavy atom. The zero-order valence-electron chi connectivity index (χ0n) is 8.45. The van der Waals surface area contributed by atoms with Crippen LogP contribution in [0.5, 0.6) is 11.6 Å². The molecule has 0 fully saturated rings. The van der Waals surface area contributed by atoms with Crippen molar-refractivity contribution in [3.63, 3.8) is 0 Å². The van der Waals surface area contributed by atoms with Gasteiger partial charge in [0.1, 0.15) is 0 Å². The number of nitrogen functional groups attached to an aromatic ring is 1. The van der Waals surface area contributed by atoms with Crippen molar-refractivity contribution >= 4 is 21.6 Å². The zero-order valence-corrected chi connectivity index (χ0v) is 10.0. The van der Waals surface area contributed by atoms with Crippen LogP contribution in [0.2, 0.25) is 0 Å². The molecule has 1 aromatic carbocycles. The molecule has 2 N–H and O–H groups in total. The molecule has 6 heteroatoms. The van der Waals surface area contributed by atoms with Crippen molar-refractivity contribution in [2.24, 2.45) is 0 Å². The van der Waals surface area contributed by atoms with E-state index in [0.717, 1.165) is 6.07 Å². The number of pyridine rings is 1. The molecule has 0 bridgehead atoms. The summed E-state index contributed by atoms with van der Waals surface area (Å²) in [6.45, 7) is 0. The lowest BCUT2D eigenvalue weighted by molar-refractivity contribution is 0.407. The van der Waals surface area contributed by atoms with Crippen LogP contribution in [0.25, 0.3) is 0 Å². The SMILES string of the molecule is Nc1cc(Br)cnc1Oc1cccc(F)c1F. The molecule has 0 aliphatic rings. The van der Waals surface area contributed by atoms with E-state index in [1.165, 1.54) is 18.3 Å². The number of anilines is 1. The molecule has 0 saturated heterocycles. The largest absolute Gasteiger partial charge is 0.434 e. The van der Waals surface area contributed by atoms with Gasteiger partial charge in [-0.2, -0.15) is 4.39 Å². The quantitative estimate of drug-likeness (QED) is 0.923. The number of nitrogens with zero attached hydrogens (tertiary/aromatic N) is 1. The van der Waals surface area contributed by atoms with E-state index < -0.39 is 11.6 Å². The fourth-order valence-corrected chi connectivity index (χ4v) is 1.54. The molecular formula is C11H7BrF2N2O. The number of hydrogen-bond donors (Lipinski definition) is 1. The molecule has 0 unspecified atom stereocenters. The maximum atomic E-state index is 13.3. The molecule has 0 aliphatic heterocycles. The van der Waals surface area contributed by atoms with E-state index in [4.69, 9.17) is 10.5 Å². The minimum atomic E-state index is -1.07. The predicted molar refractivity (Wildman–Crippen MR) is 62.8 cm³/mol. The number of hydrogen-bond acceptors (Lipinski definition) is 3. The summed E-state index contributed by atoms with van der Waals surface area (Å²) in [6.07, 6.45) is 1.45. The molecule has 2 aromatic rings. The second-order valence-corrected chi connectivity index (χ2v) is 4.12. The minimum absolute atomic E-state index is 0.0256. The predicted octanol–water partition coefficient (Wildman–Crippen LogP) is 3.50. The summed E-state index contributed by atoms with van der Waals surface area (Å²) in [6, 6.07) is 5.18. The van der Waals surface area contributed by atoms with Crippen molar-refractivity contribution in [2.75, 3.05) is 5.73 Å². The summed E-state index contributed by atoms with van der Waals surface area (Å²) < 4.78 is 32.0. The number of benzene rings is 1. The summed E-state index contributed by atoms with van der Waals surface area (Å²) >= 11 is 3.18. The third-order valence-electron chi connectivity index (χ3n) is 1.97. The monoisotopic (exact) mass is 300 g/mol. The molecule has 1 aromatic heterocycles. The number of halogens is 3. The lowest BCUT2D eigenvalue weighted by atomic mass is 10.3. The lowest BCUT2D eigenvalue weighted by Gasteiger charge is -2.08. The van der Waals surface area contributed by atoms with Gasteiger partial charge in [-0.3, -0.25) is 0 Å². The summed E-state index contributed by atoms with van der Waals surface area (Å²) in [5, 5.41) is 0. The van der Waals surface area contributed by atoms with Gasteiger partial charge >= 0.3 is 0 Å². The van der Waals surface area contributed by atoms with Gasteiger partial charge in [0, 0.05) is 10.7 Å². The van der Waals surface area contributed by atoms with Gasteiger partial charge in [0.15, 0.2) is 11.6 Å². The first-order valence-corrected chi connectivity index (χ1v) is 5.40. The molecule has 0 spiro atoms. The van der Waals surface area contributed by atoms with Gasteiger partial charge in [-0.25, -0.2) is 9.37 Å². The normalized spacial score (nSPS) is 10.3. The molecule has 2 rings (SSSR count). The molecule has 0 aliphatic carbocycles. The van der Waals surface area contributed by atoms with Crippen molar-refractivity contribution in [2.45, 2.75) is 0 Å². The first kappa shape index (κ1) is 11.8. The highest BCUT2D eigenvalue weighted by molar-refractivity contribution is 9.10. The maximum Gasteiger partial charge on any atom is 0.242 e. The summed E-state index contributed by atoms with van der Waals surface area (Å²) in [5.41, 5.74) is 5.85. The summed E-state index contributed by atoms with van der Waals surface area (Å²) in [5.74, 6) is -2.29. The second kappa shape index (κ2) is 4.67. The van der Waals surface area contributed by atoms with Crippen LogP contribution < -0.4 is 10.5 Å². The Morgan fingerprint density at radius 2 is 2.06 bits per heavy atom. The minimum Gasteiger partial charge on any atom is -0.434 e. The second-order valence-electron chi connectivity index (χ2n) is 3.20. The molecule has 0 amide bonds.